The normalized spacial score (nSPS) is 16.4. The Bertz CT molecular complexity index is 440. The minimum atomic E-state index is -0.757. The summed E-state index contributed by atoms with van der Waals surface area (Å²) >= 11 is 1.34. The van der Waals surface area contributed by atoms with E-state index in [-0.39, 0.29) is 0 Å². The molecule has 1 fully saturated rings. The summed E-state index contributed by atoms with van der Waals surface area (Å²) in [7, 11) is 3.16. The maximum absolute atomic E-state index is 11.1. The molecular weight excluding hydrogens is 240 g/mol. The molecule has 0 radical (unpaired) electrons. The summed E-state index contributed by atoms with van der Waals surface area (Å²) in [4.78, 5) is 12.0. The fraction of sp³-hybridized carbons (Fsp3) is 0.417. The van der Waals surface area contributed by atoms with Gasteiger partial charge in [0.2, 0.25) is 0 Å². The lowest BCUT2D eigenvalue weighted by molar-refractivity contribution is -0.137. The molecule has 1 saturated carbocycles. The molecular formula is C12H14O4S. The molecule has 1 aliphatic carbocycles. The van der Waals surface area contributed by atoms with Gasteiger partial charge in [-0.1, -0.05) is 0 Å². The lowest BCUT2D eigenvalue weighted by Gasteiger charge is -2.13. The predicted octanol–water partition coefficient (Wildman–Crippen LogP) is 2.41. The molecule has 0 saturated heterocycles. The third-order valence-corrected chi connectivity index (χ3v) is 4.28. The summed E-state index contributed by atoms with van der Waals surface area (Å²) in [5, 5.41) is 9.16. The van der Waals surface area contributed by atoms with E-state index in [0.717, 1.165) is 4.90 Å². The van der Waals surface area contributed by atoms with Gasteiger partial charge in [0.15, 0.2) is 0 Å². The second-order valence-corrected chi connectivity index (χ2v) is 5.34. The molecule has 0 spiro atoms. The molecule has 1 aromatic rings. The van der Waals surface area contributed by atoms with Crippen molar-refractivity contribution < 1.29 is 19.4 Å². The quantitative estimate of drug-likeness (QED) is 0.874. The van der Waals surface area contributed by atoms with Crippen molar-refractivity contribution in [2.75, 3.05) is 14.2 Å². The van der Waals surface area contributed by atoms with Crippen molar-refractivity contribution in [1.82, 2.24) is 0 Å². The number of thioether (sulfide) groups is 1. The zero-order valence-electron chi connectivity index (χ0n) is 9.73. The second kappa shape index (κ2) is 4.49. The molecule has 1 aliphatic rings. The Morgan fingerprint density at radius 3 is 2.53 bits per heavy atom. The average molecular weight is 254 g/mol. The first-order valence-corrected chi connectivity index (χ1v) is 6.07. The predicted molar refractivity (Wildman–Crippen MR) is 65.0 cm³/mol. The fourth-order valence-corrected chi connectivity index (χ4v) is 2.79. The van der Waals surface area contributed by atoms with Crippen molar-refractivity contribution in [2.24, 2.45) is 0 Å². The van der Waals surface area contributed by atoms with E-state index >= 15 is 0 Å². The van der Waals surface area contributed by atoms with E-state index in [1.165, 1.54) is 11.8 Å². The monoisotopic (exact) mass is 254 g/mol. The van der Waals surface area contributed by atoms with Crippen LogP contribution in [0.15, 0.2) is 23.1 Å². The van der Waals surface area contributed by atoms with Crippen molar-refractivity contribution >= 4 is 17.7 Å². The molecule has 0 aliphatic heterocycles. The standard InChI is InChI=1S/C12H14O4S/c1-15-8-3-4-9(16-2)10(7-8)17-12(5-6-12)11(13)14/h3-4,7H,5-6H2,1-2H3,(H,13,14). The summed E-state index contributed by atoms with van der Waals surface area (Å²) in [6.07, 6.45) is 1.40. The Morgan fingerprint density at radius 2 is 2.06 bits per heavy atom. The number of carboxylic acids is 1. The zero-order chi connectivity index (χ0) is 12.5. The number of ether oxygens (including phenoxy) is 2. The van der Waals surface area contributed by atoms with Crippen LogP contribution in [-0.4, -0.2) is 30.0 Å². The molecule has 1 N–H and O–H groups in total. The molecule has 0 amide bonds. The lowest BCUT2D eigenvalue weighted by Crippen LogP contribution is -2.17. The number of hydrogen-bond acceptors (Lipinski definition) is 4. The van der Waals surface area contributed by atoms with E-state index < -0.39 is 10.7 Å². The van der Waals surface area contributed by atoms with Gasteiger partial charge < -0.3 is 14.6 Å². The maximum atomic E-state index is 11.1. The first kappa shape index (κ1) is 12.1. The lowest BCUT2D eigenvalue weighted by atomic mass is 10.3. The van der Waals surface area contributed by atoms with Crippen molar-refractivity contribution in [1.29, 1.82) is 0 Å². The summed E-state index contributed by atoms with van der Waals surface area (Å²) in [6.45, 7) is 0. The van der Waals surface area contributed by atoms with Crippen LogP contribution in [0, 0.1) is 0 Å². The van der Waals surface area contributed by atoms with Gasteiger partial charge >= 0.3 is 5.97 Å². The fourth-order valence-electron chi connectivity index (χ4n) is 1.55. The summed E-state index contributed by atoms with van der Waals surface area (Å²) in [6, 6.07) is 5.40. The molecule has 2 rings (SSSR count). The van der Waals surface area contributed by atoms with Gasteiger partial charge in [0, 0.05) is 0 Å². The first-order chi connectivity index (χ1) is 8.11. The topological polar surface area (TPSA) is 55.8 Å². The van der Waals surface area contributed by atoms with Gasteiger partial charge in [-0.05, 0) is 31.0 Å². The third-order valence-electron chi connectivity index (χ3n) is 2.77. The Hall–Kier alpha value is -1.36. The first-order valence-electron chi connectivity index (χ1n) is 5.26. The van der Waals surface area contributed by atoms with Crippen LogP contribution in [0.4, 0.5) is 0 Å². The second-order valence-electron chi connectivity index (χ2n) is 3.92. The van der Waals surface area contributed by atoms with Crippen LogP contribution in [0.1, 0.15) is 12.8 Å². The van der Waals surface area contributed by atoms with Crippen LogP contribution in [0.2, 0.25) is 0 Å². The van der Waals surface area contributed by atoms with Crippen LogP contribution in [0.3, 0.4) is 0 Å². The van der Waals surface area contributed by atoms with Gasteiger partial charge in [-0.2, -0.15) is 0 Å². The van der Waals surface area contributed by atoms with Crippen LogP contribution in [0.5, 0.6) is 11.5 Å². The number of methoxy groups -OCH3 is 2. The zero-order valence-corrected chi connectivity index (χ0v) is 10.5. The van der Waals surface area contributed by atoms with E-state index in [0.29, 0.717) is 24.3 Å². The molecule has 17 heavy (non-hydrogen) atoms. The summed E-state index contributed by atoms with van der Waals surface area (Å²) in [5.41, 5.74) is 0. The molecule has 0 bridgehead atoms. The molecule has 1 aromatic carbocycles. The van der Waals surface area contributed by atoms with Crippen LogP contribution in [-0.2, 0) is 4.79 Å². The van der Waals surface area contributed by atoms with Gasteiger partial charge in [-0.15, -0.1) is 11.8 Å². The van der Waals surface area contributed by atoms with Gasteiger partial charge in [-0.3, -0.25) is 4.79 Å². The molecule has 92 valence electrons. The highest BCUT2D eigenvalue weighted by atomic mass is 32.2. The highest BCUT2D eigenvalue weighted by Crippen LogP contribution is 2.54. The number of rotatable bonds is 5. The molecule has 0 heterocycles. The van der Waals surface area contributed by atoms with Gasteiger partial charge in [-0.25, -0.2) is 0 Å². The number of aliphatic carboxylic acids is 1. The minimum absolute atomic E-state index is 0.667. The number of carboxylic acid groups (broad SMARTS) is 1. The smallest absolute Gasteiger partial charge is 0.320 e. The Morgan fingerprint density at radius 1 is 1.35 bits per heavy atom. The SMILES string of the molecule is COc1ccc(OC)c(SC2(C(=O)O)CC2)c1. The van der Waals surface area contributed by atoms with E-state index in [1.807, 2.05) is 6.07 Å². The molecule has 0 atom stereocenters. The van der Waals surface area contributed by atoms with Crippen LogP contribution in [0.25, 0.3) is 0 Å². The van der Waals surface area contributed by atoms with Crippen molar-refractivity contribution in [2.45, 2.75) is 22.5 Å². The molecule has 5 heteroatoms. The van der Waals surface area contributed by atoms with Crippen LogP contribution >= 0.6 is 11.8 Å². The Balaban J connectivity index is 2.27. The Kier molecular flexibility index (Phi) is 3.19. The number of benzene rings is 1. The average Bonchev–Trinajstić information content (AvgIpc) is 3.10. The third kappa shape index (κ3) is 2.34. The van der Waals surface area contributed by atoms with Gasteiger partial charge in [0.25, 0.3) is 0 Å². The maximum Gasteiger partial charge on any atom is 0.320 e. The largest absolute Gasteiger partial charge is 0.497 e. The van der Waals surface area contributed by atoms with Crippen molar-refractivity contribution in [3.8, 4) is 11.5 Å². The number of carbonyl (C=O) groups is 1. The van der Waals surface area contributed by atoms with Crippen LogP contribution < -0.4 is 9.47 Å². The minimum Gasteiger partial charge on any atom is -0.497 e. The molecule has 4 nitrogen and oxygen atoms in total. The van der Waals surface area contributed by atoms with Crippen molar-refractivity contribution in [3.05, 3.63) is 18.2 Å². The molecule has 0 aromatic heterocycles. The van der Waals surface area contributed by atoms with E-state index in [4.69, 9.17) is 14.6 Å². The van der Waals surface area contributed by atoms with Crippen molar-refractivity contribution in [3.63, 3.8) is 0 Å². The number of hydrogen-bond donors (Lipinski definition) is 1. The van der Waals surface area contributed by atoms with Gasteiger partial charge in [0.05, 0.1) is 19.1 Å². The Labute approximate surface area is 104 Å². The summed E-state index contributed by atoms with van der Waals surface area (Å²) < 4.78 is 9.70. The molecule has 0 unspecified atom stereocenters. The van der Waals surface area contributed by atoms with E-state index in [1.54, 1.807) is 26.4 Å². The van der Waals surface area contributed by atoms with E-state index in [2.05, 4.69) is 0 Å². The highest BCUT2D eigenvalue weighted by Gasteiger charge is 2.51. The van der Waals surface area contributed by atoms with Gasteiger partial charge in [0.1, 0.15) is 16.2 Å². The summed E-state index contributed by atoms with van der Waals surface area (Å²) in [5.74, 6) is 0.630. The highest BCUT2D eigenvalue weighted by molar-refractivity contribution is 8.01. The van der Waals surface area contributed by atoms with E-state index in [9.17, 15) is 4.79 Å².